The lowest BCUT2D eigenvalue weighted by molar-refractivity contribution is -0.131. The van der Waals surface area contributed by atoms with E-state index in [1.807, 2.05) is 19.6 Å². The molecule has 0 saturated carbocycles. The van der Waals surface area contributed by atoms with Crippen molar-refractivity contribution >= 4 is 22.4 Å². The van der Waals surface area contributed by atoms with Gasteiger partial charge in [0.15, 0.2) is 0 Å². The molecular weight excluding hydrogens is 244 g/mol. The number of rotatable bonds is 5. The Bertz CT molecular complexity index is 294. The molecule has 100 valence electrons. The van der Waals surface area contributed by atoms with Crippen molar-refractivity contribution in [2.45, 2.75) is 59.6 Å². The van der Waals surface area contributed by atoms with Gasteiger partial charge >= 0.3 is 5.97 Å². The third-order valence-electron chi connectivity index (χ3n) is 1.90. The summed E-state index contributed by atoms with van der Waals surface area (Å²) in [6, 6.07) is 0. The van der Waals surface area contributed by atoms with Gasteiger partial charge in [-0.05, 0) is 32.0 Å². The quantitative estimate of drug-likeness (QED) is 0.553. The fourth-order valence-corrected chi connectivity index (χ4v) is 3.48. The maximum Gasteiger partial charge on any atom is 0.319 e. The Morgan fingerprint density at radius 2 is 1.59 bits per heavy atom. The summed E-state index contributed by atoms with van der Waals surface area (Å²) in [5.74, 6) is 0.409. The summed E-state index contributed by atoms with van der Waals surface area (Å²) in [7, 11) is -3.16. The zero-order chi connectivity index (χ0) is 13.9. The van der Waals surface area contributed by atoms with Crippen molar-refractivity contribution in [3.8, 4) is 0 Å². The first-order chi connectivity index (χ1) is 7.41. The maximum atomic E-state index is 12.1. The van der Waals surface area contributed by atoms with Crippen LogP contribution in [0.2, 0.25) is 39.3 Å². The van der Waals surface area contributed by atoms with Crippen LogP contribution >= 0.6 is 0 Å². The maximum absolute atomic E-state index is 12.1. The van der Waals surface area contributed by atoms with Crippen LogP contribution in [-0.2, 0) is 9.22 Å². The lowest BCUT2D eigenvalue weighted by Crippen LogP contribution is -2.31. The highest BCUT2D eigenvalue weighted by Gasteiger charge is 2.24. The van der Waals surface area contributed by atoms with Gasteiger partial charge in [0.05, 0.1) is 8.07 Å². The predicted molar refractivity (Wildman–Crippen MR) is 80.3 cm³/mol. The lowest BCUT2D eigenvalue weighted by atomic mass is 10.1. The van der Waals surface area contributed by atoms with Gasteiger partial charge in [-0.1, -0.05) is 39.2 Å². The molecule has 0 aliphatic heterocycles. The van der Waals surface area contributed by atoms with E-state index in [2.05, 4.69) is 39.2 Å². The van der Waals surface area contributed by atoms with Gasteiger partial charge < -0.3 is 4.43 Å². The third-order valence-corrected chi connectivity index (χ3v) is 3.91. The Hall–Kier alpha value is -0.356. The SMILES string of the molecule is CC(C)CC(=C[Si](C)(C)C)C(=O)O[Si](C)(C)C. The van der Waals surface area contributed by atoms with Crippen molar-refractivity contribution in [1.29, 1.82) is 0 Å². The molecule has 2 nitrogen and oxygen atoms in total. The molecule has 0 aromatic carbocycles. The van der Waals surface area contributed by atoms with E-state index < -0.39 is 16.4 Å². The standard InChI is InChI=1S/C13H28O2Si2/c1-11(2)9-12(10-16(3,4)5)13(14)15-17(6,7)8/h10-11H,9H2,1-8H3. The Kier molecular flexibility index (Phi) is 5.88. The van der Waals surface area contributed by atoms with Crippen LogP contribution in [-0.4, -0.2) is 22.4 Å². The molecule has 0 N–H and O–H groups in total. The second-order valence-corrected chi connectivity index (χ2v) is 16.6. The second-order valence-electron chi connectivity index (χ2n) is 7.14. The Morgan fingerprint density at radius 3 is 1.88 bits per heavy atom. The monoisotopic (exact) mass is 272 g/mol. The molecule has 17 heavy (non-hydrogen) atoms. The first-order valence-corrected chi connectivity index (χ1v) is 13.3. The van der Waals surface area contributed by atoms with Crippen LogP contribution in [0.4, 0.5) is 0 Å². The highest BCUT2D eigenvalue weighted by Crippen LogP contribution is 2.18. The molecule has 0 aromatic rings. The minimum Gasteiger partial charge on any atom is -0.517 e. The van der Waals surface area contributed by atoms with Gasteiger partial charge in [0.2, 0.25) is 8.32 Å². The Morgan fingerprint density at radius 1 is 1.12 bits per heavy atom. The average Bonchev–Trinajstić information content (AvgIpc) is 1.95. The number of carbonyl (C=O) groups excluding carboxylic acids is 1. The van der Waals surface area contributed by atoms with E-state index in [9.17, 15) is 4.79 Å². The van der Waals surface area contributed by atoms with Crippen LogP contribution in [0.1, 0.15) is 20.3 Å². The second kappa shape index (κ2) is 6.00. The van der Waals surface area contributed by atoms with Crippen molar-refractivity contribution < 1.29 is 9.22 Å². The van der Waals surface area contributed by atoms with Crippen LogP contribution in [0.15, 0.2) is 11.3 Å². The molecule has 0 aliphatic rings. The van der Waals surface area contributed by atoms with Crippen molar-refractivity contribution in [2.75, 3.05) is 0 Å². The molecule has 0 radical (unpaired) electrons. The summed E-state index contributed by atoms with van der Waals surface area (Å²) in [4.78, 5) is 12.1. The molecule has 0 fully saturated rings. The van der Waals surface area contributed by atoms with E-state index in [1.54, 1.807) is 0 Å². The Balaban J connectivity index is 4.94. The summed E-state index contributed by atoms with van der Waals surface area (Å²) >= 11 is 0. The van der Waals surface area contributed by atoms with Crippen LogP contribution in [0.25, 0.3) is 0 Å². The molecule has 0 heterocycles. The van der Waals surface area contributed by atoms with E-state index >= 15 is 0 Å². The normalized spacial score (nSPS) is 14.1. The molecule has 0 rings (SSSR count). The van der Waals surface area contributed by atoms with E-state index in [4.69, 9.17) is 4.43 Å². The van der Waals surface area contributed by atoms with Crippen molar-refractivity contribution in [2.24, 2.45) is 5.92 Å². The fourth-order valence-electron chi connectivity index (χ4n) is 1.51. The van der Waals surface area contributed by atoms with E-state index in [0.29, 0.717) is 5.92 Å². The minimum atomic E-state index is -1.78. The van der Waals surface area contributed by atoms with Gasteiger partial charge in [0.1, 0.15) is 0 Å². The molecule has 0 unspecified atom stereocenters. The van der Waals surface area contributed by atoms with Gasteiger partial charge in [-0.15, -0.1) is 0 Å². The van der Waals surface area contributed by atoms with Gasteiger partial charge in [-0.3, -0.25) is 0 Å². The predicted octanol–water partition coefficient (Wildman–Crippen LogP) is 4.21. The number of carbonyl (C=O) groups is 1. The van der Waals surface area contributed by atoms with Crippen LogP contribution in [0.3, 0.4) is 0 Å². The van der Waals surface area contributed by atoms with Crippen LogP contribution in [0, 0.1) is 5.92 Å². The molecule has 0 aliphatic carbocycles. The highest BCUT2D eigenvalue weighted by molar-refractivity contribution is 6.81. The van der Waals surface area contributed by atoms with Crippen molar-refractivity contribution in [3.63, 3.8) is 0 Å². The van der Waals surface area contributed by atoms with Crippen LogP contribution < -0.4 is 0 Å². The molecular formula is C13H28O2Si2. The largest absolute Gasteiger partial charge is 0.517 e. The van der Waals surface area contributed by atoms with Gasteiger partial charge in [0.25, 0.3) is 0 Å². The molecule has 0 saturated heterocycles. The highest BCUT2D eigenvalue weighted by atomic mass is 28.4. The Labute approximate surface area is 109 Å². The molecule has 0 bridgehead atoms. The minimum absolute atomic E-state index is 0.0831. The molecule has 0 atom stereocenters. The fraction of sp³-hybridized carbons (Fsp3) is 0.769. The average molecular weight is 273 g/mol. The topological polar surface area (TPSA) is 26.3 Å². The van der Waals surface area contributed by atoms with Crippen molar-refractivity contribution in [3.05, 3.63) is 11.3 Å². The molecule has 0 aromatic heterocycles. The summed E-state index contributed by atoms with van der Waals surface area (Å²) in [6.45, 7) is 17.2. The lowest BCUT2D eigenvalue weighted by Gasteiger charge is -2.21. The molecule has 0 spiro atoms. The van der Waals surface area contributed by atoms with E-state index in [1.165, 1.54) is 0 Å². The van der Waals surface area contributed by atoms with Crippen molar-refractivity contribution in [1.82, 2.24) is 0 Å². The zero-order valence-corrected chi connectivity index (χ0v) is 14.7. The van der Waals surface area contributed by atoms with E-state index in [-0.39, 0.29) is 5.97 Å². The van der Waals surface area contributed by atoms with E-state index in [0.717, 1.165) is 12.0 Å². The summed E-state index contributed by atoms with van der Waals surface area (Å²) in [6.07, 6.45) is 0.827. The third kappa shape index (κ3) is 9.35. The van der Waals surface area contributed by atoms with Gasteiger partial charge in [-0.2, -0.15) is 0 Å². The summed E-state index contributed by atoms with van der Waals surface area (Å²) in [5, 5.41) is 0. The molecule has 0 amide bonds. The first kappa shape index (κ1) is 16.6. The van der Waals surface area contributed by atoms with Gasteiger partial charge in [0, 0.05) is 5.57 Å². The number of hydrogen-bond acceptors (Lipinski definition) is 2. The smallest absolute Gasteiger partial charge is 0.319 e. The zero-order valence-electron chi connectivity index (χ0n) is 12.7. The first-order valence-electron chi connectivity index (χ1n) is 6.36. The van der Waals surface area contributed by atoms with Gasteiger partial charge in [-0.25, -0.2) is 4.79 Å². The molecule has 4 heteroatoms. The summed E-state index contributed by atoms with van der Waals surface area (Å²) < 4.78 is 5.60. The summed E-state index contributed by atoms with van der Waals surface area (Å²) in [5.41, 5.74) is 3.08. The number of hydrogen-bond donors (Lipinski definition) is 0. The van der Waals surface area contributed by atoms with Crippen LogP contribution in [0.5, 0.6) is 0 Å².